The van der Waals surface area contributed by atoms with Crippen molar-refractivity contribution in [3.63, 3.8) is 0 Å². The molecule has 2 amide bonds. The fraction of sp³-hybridized carbons (Fsp3) is 0.286. The molecule has 11 heteroatoms. The molecule has 8 nitrogen and oxygen atoms in total. The van der Waals surface area contributed by atoms with Gasteiger partial charge in [0.15, 0.2) is 0 Å². The first kappa shape index (κ1) is 30.1. The number of halogens is 2. The summed E-state index contributed by atoms with van der Waals surface area (Å²) >= 11 is 3.33. The molecule has 1 atom stereocenters. The maximum Gasteiger partial charge on any atom is 0.264 e. The number of methoxy groups -OCH3 is 1. The van der Waals surface area contributed by atoms with Crippen LogP contribution in [0, 0.1) is 12.7 Å². The first-order chi connectivity index (χ1) is 18.5. The summed E-state index contributed by atoms with van der Waals surface area (Å²) in [6.07, 6.45) is 0. The van der Waals surface area contributed by atoms with Gasteiger partial charge in [0.1, 0.15) is 24.2 Å². The van der Waals surface area contributed by atoms with E-state index >= 15 is 0 Å². The summed E-state index contributed by atoms with van der Waals surface area (Å²) in [5, 5.41) is 2.70. The molecular formula is C28H31BrFN3O5S. The fourth-order valence-electron chi connectivity index (χ4n) is 3.87. The Labute approximate surface area is 236 Å². The zero-order valence-corrected chi connectivity index (χ0v) is 24.6. The van der Waals surface area contributed by atoms with Gasteiger partial charge in [-0.25, -0.2) is 12.8 Å². The standard InChI is InChI=1S/C28H31BrFN3O5S/c1-5-31-28(35)20(3)32(17-21-8-10-22(30)11-9-21)27(34)18-33(23-12-6-19(2)7-13-23)39(36,37)24-14-15-26(38-4)25(29)16-24/h6-16,20H,5,17-18H2,1-4H3,(H,31,35). The number of sulfonamides is 1. The number of likely N-dealkylation sites (N-methyl/N-ethyl adjacent to an activating group) is 1. The van der Waals surface area contributed by atoms with Crippen LogP contribution in [-0.2, 0) is 26.2 Å². The lowest BCUT2D eigenvalue weighted by atomic mass is 10.1. The van der Waals surface area contributed by atoms with E-state index in [-0.39, 0.29) is 17.1 Å². The predicted molar refractivity (Wildman–Crippen MR) is 152 cm³/mol. The van der Waals surface area contributed by atoms with Crippen LogP contribution in [0.15, 0.2) is 76.1 Å². The van der Waals surface area contributed by atoms with Gasteiger partial charge in [0, 0.05) is 13.1 Å². The van der Waals surface area contributed by atoms with Crippen LogP contribution in [0.4, 0.5) is 10.1 Å². The maximum atomic E-state index is 13.9. The van der Waals surface area contributed by atoms with E-state index in [0.717, 1.165) is 9.87 Å². The lowest BCUT2D eigenvalue weighted by Crippen LogP contribution is -2.51. The Morgan fingerprint density at radius 2 is 1.69 bits per heavy atom. The van der Waals surface area contributed by atoms with Gasteiger partial charge in [-0.3, -0.25) is 13.9 Å². The molecule has 0 spiro atoms. The first-order valence-corrected chi connectivity index (χ1v) is 14.5. The quantitative estimate of drug-likeness (QED) is 0.337. The zero-order valence-electron chi connectivity index (χ0n) is 22.1. The largest absolute Gasteiger partial charge is 0.496 e. The molecule has 0 saturated heterocycles. The summed E-state index contributed by atoms with van der Waals surface area (Å²) in [6, 6.07) is 15.7. The number of anilines is 1. The Bertz CT molecular complexity index is 1420. The lowest BCUT2D eigenvalue weighted by molar-refractivity contribution is -0.139. The zero-order chi connectivity index (χ0) is 28.7. The number of amides is 2. The van der Waals surface area contributed by atoms with Crippen LogP contribution >= 0.6 is 15.9 Å². The van der Waals surface area contributed by atoms with Crippen LogP contribution in [0.2, 0.25) is 0 Å². The third kappa shape index (κ3) is 7.36. The van der Waals surface area contributed by atoms with Gasteiger partial charge in [-0.05, 0) is 84.7 Å². The molecule has 0 bridgehead atoms. The van der Waals surface area contributed by atoms with Gasteiger partial charge in [0.25, 0.3) is 10.0 Å². The van der Waals surface area contributed by atoms with Crippen molar-refractivity contribution < 1.29 is 27.1 Å². The second kappa shape index (κ2) is 13.1. The lowest BCUT2D eigenvalue weighted by Gasteiger charge is -2.32. The molecular weight excluding hydrogens is 589 g/mol. The number of nitrogens with one attached hydrogen (secondary N) is 1. The molecule has 0 radical (unpaired) electrons. The number of carbonyl (C=O) groups excluding carboxylic acids is 2. The van der Waals surface area contributed by atoms with Crippen molar-refractivity contribution in [2.45, 2.75) is 38.3 Å². The number of aryl methyl sites for hydroxylation is 1. The highest BCUT2D eigenvalue weighted by atomic mass is 79.9. The molecule has 3 rings (SSSR count). The molecule has 0 heterocycles. The van der Waals surface area contributed by atoms with Crippen molar-refractivity contribution in [2.24, 2.45) is 0 Å². The van der Waals surface area contributed by atoms with Gasteiger partial charge in [0.05, 0.1) is 22.2 Å². The van der Waals surface area contributed by atoms with Crippen molar-refractivity contribution in [3.05, 3.63) is 88.1 Å². The Morgan fingerprint density at radius 1 is 1.05 bits per heavy atom. The smallest absolute Gasteiger partial charge is 0.264 e. The molecule has 1 N–H and O–H groups in total. The van der Waals surface area contributed by atoms with Crippen LogP contribution in [0.3, 0.4) is 0 Å². The maximum absolute atomic E-state index is 13.9. The second-order valence-corrected chi connectivity index (χ2v) is 11.6. The average molecular weight is 621 g/mol. The Balaban J connectivity index is 2.04. The molecule has 0 aliphatic carbocycles. The number of hydrogen-bond acceptors (Lipinski definition) is 5. The second-order valence-electron chi connectivity index (χ2n) is 8.86. The summed E-state index contributed by atoms with van der Waals surface area (Å²) in [7, 11) is -2.76. The number of benzene rings is 3. The van der Waals surface area contributed by atoms with E-state index in [1.807, 2.05) is 6.92 Å². The number of carbonyl (C=O) groups is 2. The number of nitrogens with zero attached hydrogens (tertiary/aromatic N) is 2. The molecule has 0 fully saturated rings. The highest BCUT2D eigenvalue weighted by molar-refractivity contribution is 9.10. The Hall–Kier alpha value is -3.44. The number of hydrogen-bond donors (Lipinski definition) is 1. The van der Waals surface area contributed by atoms with E-state index in [9.17, 15) is 22.4 Å². The minimum absolute atomic E-state index is 0.0206. The van der Waals surface area contributed by atoms with E-state index in [4.69, 9.17) is 4.74 Å². The summed E-state index contributed by atoms with van der Waals surface area (Å²) in [4.78, 5) is 27.8. The number of rotatable bonds is 11. The molecule has 39 heavy (non-hydrogen) atoms. The van der Waals surface area contributed by atoms with Gasteiger partial charge < -0.3 is 15.0 Å². The third-order valence-electron chi connectivity index (χ3n) is 6.10. The van der Waals surface area contributed by atoms with Crippen molar-refractivity contribution in [1.29, 1.82) is 0 Å². The molecule has 208 valence electrons. The van der Waals surface area contributed by atoms with Crippen molar-refractivity contribution >= 4 is 43.5 Å². The predicted octanol–water partition coefficient (Wildman–Crippen LogP) is 4.65. The first-order valence-electron chi connectivity index (χ1n) is 12.2. The Kier molecular flexibility index (Phi) is 10.1. The summed E-state index contributed by atoms with van der Waals surface area (Å²) in [6.45, 7) is 4.96. The van der Waals surface area contributed by atoms with Crippen molar-refractivity contribution in [3.8, 4) is 5.75 Å². The average Bonchev–Trinajstić information content (AvgIpc) is 2.91. The van der Waals surface area contributed by atoms with E-state index in [1.165, 1.54) is 54.5 Å². The van der Waals surface area contributed by atoms with Crippen molar-refractivity contribution in [1.82, 2.24) is 10.2 Å². The topological polar surface area (TPSA) is 96.0 Å². The summed E-state index contributed by atoms with van der Waals surface area (Å²) in [5.74, 6) is -0.976. The van der Waals surface area contributed by atoms with Gasteiger partial charge in [-0.2, -0.15) is 0 Å². The van der Waals surface area contributed by atoms with Crippen LogP contribution < -0.4 is 14.4 Å². The SMILES string of the molecule is CCNC(=O)C(C)N(Cc1ccc(F)cc1)C(=O)CN(c1ccc(C)cc1)S(=O)(=O)c1ccc(OC)c(Br)c1. The van der Waals surface area contributed by atoms with Gasteiger partial charge in [-0.1, -0.05) is 29.8 Å². The minimum Gasteiger partial charge on any atom is -0.496 e. The third-order valence-corrected chi connectivity index (χ3v) is 8.49. The van der Waals surface area contributed by atoms with Gasteiger partial charge in [-0.15, -0.1) is 0 Å². The highest BCUT2D eigenvalue weighted by Gasteiger charge is 2.32. The molecule has 3 aromatic rings. The monoisotopic (exact) mass is 619 g/mol. The van der Waals surface area contributed by atoms with Crippen LogP contribution in [0.5, 0.6) is 5.75 Å². The van der Waals surface area contributed by atoms with E-state index in [1.54, 1.807) is 38.1 Å². The normalized spacial score (nSPS) is 11.9. The summed E-state index contributed by atoms with van der Waals surface area (Å²) in [5.41, 5.74) is 1.79. The van der Waals surface area contributed by atoms with Crippen molar-refractivity contribution in [2.75, 3.05) is 24.5 Å². The van der Waals surface area contributed by atoms with Gasteiger partial charge >= 0.3 is 0 Å². The van der Waals surface area contributed by atoms with E-state index in [0.29, 0.717) is 22.3 Å². The molecule has 1 unspecified atom stereocenters. The summed E-state index contributed by atoms with van der Waals surface area (Å²) < 4.78 is 48.0. The fourth-order valence-corrected chi connectivity index (χ4v) is 6.00. The Morgan fingerprint density at radius 3 is 2.26 bits per heavy atom. The van der Waals surface area contributed by atoms with E-state index < -0.39 is 40.2 Å². The van der Waals surface area contributed by atoms with Crippen LogP contribution in [0.1, 0.15) is 25.0 Å². The highest BCUT2D eigenvalue weighted by Crippen LogP contribution is 2.31. The molecule has 0 saturated carbocycles. The van der Waals surface area contributed by atoms with Crippen LogP contribution in [-0.4, -0.2) is 51.4 Å². The molecule has 3 aromatic carbocycles. The molecule has 0 aliphatic heterocycles. The van der Waals surface area contributed by atoms with E-state index in [2.05, 4.69) is 21.2 Å². The minimum atomic E-state index is -4.23. The van der Waals surface area contributed by atoms with Gasteiger partial charge in [0.2, 0.25) is 11.8 Å². The van der Waals surface area contributed by atoms with Crippen LogP contribution in [0.25, 0.3) is 0 Å². The molecule has 0 aromatic heterocycles. The number of ether oxygens (including phenoxy) is 1. The molecule has 0 aliphatic rings.